The predicted octanol–water partition coefficient (Wildman–Crippen LogP) is 2.19. The average molecular weight is 409 g/mol. The summed E-state index contributed by atoms with van der Waals surface area (Å²) in [6.07, 6.45) is 2.46. The molecule has 0 N–H and O–H groups in total. The number of hydrogen-bond acceptors (Lipinski definition) is 7. The average Bonchev–Trinajstić information content (AvgIpc) is 2.74. The lowest BCUT2D eigenvalue weighted by molar-refractivity contribution is -0.385. The van der Waals surface area contributed by atoms with Gasteiger partial charge in [-0.15, -0.1) is 0 Å². The molecule has 0 unspecified atom stereocenters. The number of anilines is 1. The summed E-state index contributed by atoms with van der Waals surface area (Å²) in [6, 6.07) is 8.10. The summed E-state index contributed by atoms with van der Waals surface area (Å²) < 4.78 is 1.15. The lowest BCUT2D eigenvalue weighted by Gasteiger charge is -2.29. The van der Waals surface area contributed by atoms with Crippen LogP contribution in [0.1, 0.15) is 12.0 Å². The van der Waals surface area contributed by atoms with Crippen LogP contribution >= 0.6 is 0 Å². The SMILES string of the molecule is O=C(Cn1cnc2cc([N+](=O)[O-])ccc2c1=O)N1CCCc2cc([N+](=O)[O-])ccc21. The van der Waals surface area contributed by atoms with Crippen LogP contribution in [0.2, 0.25) is 0 Å². The van der Waals surface area contributed by atoms with Gasteiger partial charge in [-0.05, 0) is 30.5 Å². The molecule has 0 fully saturated rings. The van der Waals surface area contributed by atoms with Crippen molar-refractivity contribution in [3.05, 3.63) is 78.9 Å². The molecular formula is C19H15N5O6. The summed E-state index contributed by atoms with van der Waals surface area (Å²) in [5.74, 6) is -0.352. The van der Waals surface area contributed by atoms with Gasteiger partial charge in [0.1, 0.15) is 6.54 Å². The predicted molar refractivity (Wildman–Crippen MR) is 106 cm³/mol. The van der Waals surface area contributed by atoms with Gasteiger partial charge in [0.15, 0.2) is 0 Å². The van der Waals surface area contributed by atoms with Gasteiger partial charge in [0.25, 0.3) is 16.9 Å². The molecule has 152 valence electrons. The Kier molecular flexibility index (Phi) is 4.70. The molecule has 1 aliphatic heterocycles. The Morgan fingerprint density at radius 2 is 1.77 bits per heavy atom. The molecule has 1 aliphatic rings. The van der Waals surface area contributed by atoms with Crippen LogP contribution in [-0.2, 0) is 17.8 Å². The van der Waals surface area contributed by atoms with Gasteiger partial charge >= 0.3 is 0 Å². The molecule has 0 aliphatic carbocycles. The number of non-ortho nitro benzene ring substituents is 2. The van der Waals surface area contributed by atoms with E-state index in [0.717, 1.165) is 4.57 Å². The summed E-state index contributed by atoms with van der Waals surface area (Å²) in [4.78, 5) is 52.0. The summed E-state index contributed by atoms with van der Waals surface area (Å²) in [5, 5.41) is 22.0. The van der Waals surface area contributed by atoms with E-state index in [4.69, 9.17) is 0 Å². The quantitative estimate of drug-likeness (QED) is 0.475. The van der Waals surface area contributed by atoms with E-state index >= 15 is 0 Å². The van der Waals surface area contributed by atoms with Crippen molar-refractivity contribution < 1.29 is 14.6 Å². The Balaban J connectivity index is 1.63. The van der Waals surface area contributed by atoms with Crippen LogP contribution in [0.15, 0.2) is 47.5 Å². The molecule has 0 saturated carbocycles. The van der Waals surface area contributed by atoms with Gasteiger partial charge in [-0.2, -0.15) is 0 Å². The van der Waals surface area contributed by atoms with Crippen molar-refractivity contribution in [1.82, 2.24) is 9.55 Å². The molecule has 3 aromatic rings. The zero-order chi connectivity index (χ0) is 21.4. The summed E-state index contributed by atoms with van der Waals surface area (Å²) in [6.45, 7) is 0.167. The summed E-state index contributed by atoms with van der Waals surface area (Å²) >= 11 is 0. The fourth-order valence-electron chi connectivity index (χ4n) is 3.56. The zero-order valence-corrected chi connectivity index (χ0v) is 15.6. The van der Waals surface area contributed by atoms with E-state index in [1.807, 2.05) is 0 Å². The number of nitro benzene ring substituents is 2. The highest BCUT2D eigenvalue weighted by atomic mass is 16.6. The highest BCUT2D eigenvalue weighted by Crippen LogP contribution is 2.30. The van der Waals surface area contributed by atoms with Crippen LogP contribution in [0.5, 0.6) is 0 Å². The van der Waals surface area contributed by atoms with E-state index in [2.05, 4.69) is 4.98 Å². The lowest BCUT2D eigenvalue weighted by Crippen LogP contribution is -2.39. The van der Waals surface area contributed by atoms with Gasteiger partial charge in [0.05, 0.1) is 27.1 Å². The lowest BCUT2D eigenvalue weighted by atomic mass is 10.0. The van der Waals surface area contributed by atoms with Crippen molar-refractivity contribution >= 4 is 33.9 Å². The topological polar surface area (TPSA) is 141 Å². The van der Waals surface area contributed by atoms with Crippen LogP contribution in [0.3, 0.4) is 0 Å². The molecule has 1 amide bonds. The Bertz CT molecular complexity index is 1270. The van der Waals surface area contributed by atoms with Crippen molar-refractivity contribution in [3.8, 4) is 0 Å². The Morgan fingerprint density at radius 1 is 1.07 bits per heavy atom. The Hall–Kier alpha value is -4.15. The van der Waals surface area contributed by atoms with E-state index < -0.39 is 15.4 Å². The molecule has 11 heteroatoms. The highest BCUT2D eigenvalue weighted by Gasteiger charge is 2.25. The molecule has 0 radical (unpaired) electrons. The van der Waals surface area contributed by atoms with Crippen molar-refractivity contribution in [2.24, 2.45) is 0 Å². The normalized spacial score (nSPS) is 13.1. The summed E-state index contributed by atoms with van der Waals surface area (Å²) in [7, 11) is 0. The molecule has 30 heavy (non-hydrogen) atoms. The van der Waals surface area contributed by atoms with E-state index in [-0.39, 0.29) is 34.7 Å². The number of nitro groups is 2. The number of nitrogens with zero attached hydrogens (tertiary/aromatic N) is 5. The van der Waals surface area contributed by atoms with Crippen LogP contribution in [-0.4, -0.2) is 31.8 Å². The van der Waals surface area contributed by atoms with E-state index in [0.29, 0.717) is 30.6 Å². The fourth-order valence-corrected chi connectivity index (χ4v) is 3.56. The first kappa shape index (κ1) is 19.2. The second-order valence-electron chi connectivity index (χ2n) is 6.86. The third-order valence-electron chi connectivity index (χ3n) is 5.02. The molecule has 2 aromatic carbocycles. The van der Waals surface area contributed by atoms with Crippen LogP contribution in [0.4, 0.5) is 17.1 Å². The van der Waals surface area contributed by atoms with Crippen molar-refractivity contribution in [3.63, 3.8) is 0 Å². The third kappa shape index (κ3) is 3.36. The van der Waals surface area contributed by atoms with Gasteiger partial charge in [0, 0.05) is 36.5 Å². The molecule has 0 bridgehead atoms. The molecule has 11 nitrogen and oxygen atoms in total. The van der Waals surface area contributed by atoms with E-state index in [9.17, 15) is 29.8 Å². The highest BCUT2D eigenvalue weighted by molar-refractivity contribution is 5.94. The monoisotopic (exact) mass is 409 g/mol. The van der Waals surface area contributed by atoms with E-state index in [1.165, 1.54) is 41.6 Å². The third-order valence-corrected chi connectivity index (χ3v) is 5.02. The number of carbonyl (C=O) groups excluding carboxylic acids is 1. The zero-order valence-electron chi connectivity index (χ0n) is 15.6. The molecule has 2 heterocycles. The Morgan fingerprint density at radius 3 is 2.50 bits per heavy atom. The number of hydrogen-bond donors (Lipinski definition) is 0. The molecular weight excluding hydrogens is 394 g/mol. The maximum Gasteiger partial charge on any atom is 0.271 e. The minimum absolute atomic E-state index is 0.0351. The summed E-state index contributed by atoms with van der Waals surface area (Å²) in [5.41, 5.74) is 0.779. The molecule has 0 saturated heterocycles. The van der Waals surface area contributed by atoms with Crippen molar-refractivity contribution in [2.75, 3.05) is 11.4 Å². The number of aromatic nitrogens is 2. The van der Waals surface area contributed by atoms with Crippen molar-refractivity contribution in [1.29, 1.82) is 0 Å². The number of benzene rings is 2. The number of carbonyl (C=O) groups is 1. The van der Waals surface area contributed by atoms with Gasteiger partial charge in [-0.25, -0.2) is 4.98 Å². The van der Waals surface area contributed by atoms with E-state index in [1.54, 1.807) is 6.07 Å². The molecule has 1 aromatic heterocycles. The first-order valence-electron chi connectivity index (χ1n) is 9.06. The number of rotatable bonds is 4. The van der Waals surface area contributed by atoms with Crippen LogP contribution in [0.25, 0.3) is 10.9 Å². The second kappa shape index (κ2) is 7.35. The van der Waals surface area contributed by atoms with Gasteiger partial charge in [-0.1, -0.05) is 0 Å². The first-order valence-corrected chi connectivity index (χ1v) is 9.06. The maximum absolute atomic E-state index is 12.9. The minimum Gasteiger partial charge on any atom is -0.311 e. The minimum atomic E-state index is -0.575. The van der Waals surface area contributed by atoms with Crippen molar-refractivity contribution in [2.45, 2.75) is 19.4 Å². The maximum atomic E-state index is 12.9. The number of aryl methyl sites for hydroxylation is 1. The smallest absolute Gasteiger partial charge is 0.271 e. The number of fused-ring (bicyclic) bond motifs is 2. The second-order valence-corrected chi connectivity index (χ2v) is 6.86. The standard InChI is InChI=1S/C19H15N5O6/c25-18(22-7-1-2-12-8-13(23(27)28)4-6-17(12)22)10-21-11-20-16-9-14(24(29)30)3-5-15(16)19(21)26/h3-6,8-9,11H,1-2,7,10H2. The molecule has 0 atom stereocenters. The van der Waals surface area contributed by atoms with Crippen LogP contribution < -0.4 is 10.5 Å². The van der Waals surface area contributed by atoms with Gasteiger partial charge in [0.2, 0.25) is 5.91 Å². The molecule has 4 rings (SSSR count). The fraction of sp³-hybridized carbons (Fsp3) is 0.211. The van der Waals surface area contributed by atoms with Crippen LogP contribution in [0, 0.1) is 20.2 Å². The molecule has 0 spiro atoms. The Labute approximate surface area is 168 Å². The first-order chi connectivity index (χ1) is 14.3. The van der Waals surface area contributed by atoms with Gasteiger partial charge < -0.3 is 4.90 Å². The number of amides is 1. The largest absolute Gasteiger partial charge is 0.311 e. The van der Waals surface area contributed by atoms with Gasteiger partial charge in [-0.3, -0.25) is 34.4 Å².